The second-order valence-corrected chi connectivity index (χ2v) is 7.12. The first-order chi connectivity index (χ1) is 15.2. The lowest BCUT2D eigenvalue weighted by Gasteiger charge is -2.21. The third-order valence-corrected chi connectivity index (χ3v) is 4.24. The number of carbonyl (C=O) groups excluding carboxylic acids is 2. The van der Waals surface area contributed by atoms with E-state index in [1.165, 1.54) is 19.3 Å². The minimum atomic E-state index is -0.942. The lowest BCUT2D eigenvalue weighted by Crippen LogP contribution is -2.20. The van der Waals surface area contributed by atoms with Crippen molar-refractivity contribution in [3.8, 4) is 0 Å². The smallest absolute Gasteiger partial charge is 0.404 e. The van der Waals surface area contributed by atoms with Gasteiger partial charge in [-0.25, -0.2) is 14.4 Å². The van der Waals surface area contributed by atoms with Gasteiger partial charge in [0.2, 0.25) is 0 Å². The fraction of sp³-hybridized carbons (Fsp3) is 0.400. The monoisotopic (exact) mass is 445 g/mol. The number of aliphatic carboxylic acids is 1. The van der Waals surface area contributed by atoms with Gasteiger partial charge >= 0.3 is 18.0 Å². The van der Waals surface area contributed by atoms with Crippen LogP contribution in [0.4, 0.5) is 4.79 Å². The number of carboxylic acids is 1. The van der Waals surface area contributed by atoms with Gasteiger partial charge in [-0.05, 0) is 51.5 Å². The molecule has 7 heteroatoms. The van der Waals surface area contributed by atoms with Gasteiger partial charge in [-0.3, -0.25) is 0 Å². The van der Waals surface area contributed by atoms with Gasteiger partial charge in [0.25, 0.3) is 0 Å². The molecule has 176 valence electrons. The average Bonchev–Trinajstić information content (AvgIpc) is 2.76. The highest BCUT2D eigenvalue weighted by atomic mass is 16.5. The van der Waals surface area contributed by atoms with Crippen LogP contribution in [-0.4, -0.2) is 35.8 Å². The molecule has 7 nitrogen and oxygen atoms in total. The number of amides is 1. The number of hydrogen-bond donors (Lipinski definition) is 2. The summed E-state index contributed by atoms with van der Waals surface area (Å²) in [5, 5.41) is 8.55. The summed E-state index contributed by atoms with van der Waals surface area (Å²) in [6.07, 6.45) is 9.21. The number of hydrogen-bond acceptors (Lipinski definition) is 5. The Morgan fingerprint density at radius 1 is 1.12 bits per heavy atom. The summed E-state index contributed by atoms with van der Waals surface area (Å²) in [6, 6.07) is 9.73. The van der Waals surface area contributed by atoms with E-state index in [0.717, 1.165) is 18.4 Å². The van der Waals surface area contributed by atoms with Crippen LogP contribution in [0.1, 0.15) is 57.9 Å². The summed E-state index contributed by atoms with van der Waals surface area (Å²) in [6.45, 7) is 10.7. The zero-order valence-corrected chi connectivity index (χ0v) is 19.0. The van der Waals surface area contributed by atoms with Crippen molar-refractivity contribution in [2.45, 2.75) is 58.5 Å². The molecule has 0 saturated heterocycles. The molecule has 1 aromatic rings. The van der Waals surface area contributed by atoms with Gasteiger partial charge in [0.15, 0.2) is 0 Å². The van der Waals surface area contributed by atoms with Crippen LogP contribution in [0.3, 0.4) is 0 Å². The van der Waals surface area contributed by atoms with Crippen LogP contribution in [0.5, 0.6) is 0 Å². The second kappa shape index (κ2) is 17.3. The van der Waals surface area contributed by atoms with Gasteiger partial charge in [-0.2, -0.15) is 0 Å². The number of primary amides is 1. The number of benzene rings is 1. The van der Waals surface area contributed by atoms with Crippen LogP contribution in [-0.2, 0) is 19.1 Å². The molecule has 32 heavy (non-hydrogen) atoms. The molecule has 0 spiro atoms. The van der Waals surface area contributed by atoms with E-state index in [0.29, 0.717) is 18.6 Å². The molecule has 0 bridgehead atoms. The van der Waals surface area contributed by atoms with Gasteiger partial charge in [-0.15, -0.1) is 0 Å². The van der Waals surface area contributed by atoms with Crippen LogP contribution in [0.25, 0.3) is 6.08 Å². The Bertz CT molecular complexity index is 764. The summed E-state index contributed by atoms with van der Waals surface area (Å²) in [5.74, 6) is -1.18. The number of nitrogens with two attached hydrogens (primary N) is 1. The zero-order chi connectivity index (χ0) is 24.4. The normalized spacial score (nSPS) is 12.9. The van der Waals surface area contributed by atoms with Gasteiger partial charge in [0.1, 0.15) is 6.10 Å². The fourth-order valence-corrected chi connectivity index (χ4v) is 2.57. The van der Waals surface area contributed by atoms with E-state index in [2.05, 4.69) is 23.6 Å². The molecular formula is C25H35NO6. The van der Waals surface area contributed by atoms with Crippen LogP contribution < -0.4 is 5.73 Å². The first-order valence-electron chi connectivity index (χ1n) is 10.6. The number of esters is 1. The van der Waals surface area contributed by atoms with E-state index in [-0.39, 0.29) is 17.6 Å². The summed E-state index contributed by atoms with van der Waals surface area (Å²) in [4.78, 5) is 31.1. The number of carboxylic acid groups (broad SMARTS) is 1. The van der Waals surface area contributed by atoms with Crippen molar-refractivity contribution in [3.05, 3.63) is 66.3 Å². The van der Waals surface area contributed by atoms with Gasteiger partial charge in [-0.1, -0.05) is 62.1 Å². The van der Waals surface area contributed by atoms with Crippen LogP contribution in [0.2, 0.25) is 0 Å². The summed E-state index contributed by atoms with van der Waals surface area (Å²) >= 11 is 0. The minimum Gasteiger partial charge on any atom is -0.478 e. The molecule has 1 aliphatic carbocycles. The molecule has 1 aromatic carbocycles. The molecule has 0 heterocycles. The number of rotatable bonds is 7. The predicted molar refractivity (Wildman–Crippen MR) is 126 cm³/mol. The molecule has 1 fully saturated rings. The van der Waals surface area contributed by atoms with E-state index in [1.807, 2.05) is 36.4 Å². The van der Waals surface area contributed by atoms with E-state index in [9.17, 15) is 14.4 Å². The van der Waals surface area contributed by atoms with Crippen molar-refractivity contribution in [1.29, 1.82) is 0 Å². The van der Waals surface area contributed by atoms with Gasteiger partial charge < -0.3 is 20.3 Å². The molecule has 0 aromatic heterocycles. The van der Waals surface area contributed by atoms with Gasteiger partial charge in [0, 0.05) is 11.1 Å². The quantitative estimate of drug-likeness (QED) is 0.436. The first kappa shape index (κ1) is 28.6. The van der Waals surface area contributed by atoms with Gasteiger partial charge in [0.05, 0.1) is 6.61 Å². The largest absolute Gasteiger partial charge is 0.478 e. The molecular weight excluding hydrogens is 410 g/mol. The SMILES string of the molecule is C=C(C)C(=O)OC1CCCCC1.C=C(CC=Cc1ccccc1)C(=O)O.CCOC(N)=O. The van der Waals surface area contributed by atoms with Crippen LogP contribution in [0, 0.1) is 0 Å². The van der Waals surface area contributed by atoms with E-state index >= 15 is 0 Å². The molecule has 1 aliphatic rings. The highest BCUT2D eigenvalue weighted by Gasteiger charge is 2.17. The Morgan fingerprint density at radius 2 is 1.72 bits per heavy atom. The van der Waals surface area contributed by atoms with E-state index in [4.69, 9.17) is 9.84 Å². The maximum atomic E-state index is 11.1. The number of allylic oxidation sites excluding steroid dienone is 1. The third kappa shape index (κ3) is 15.5. The molecule has 3 N–H and O–H groups in total. The fourth-order valence-electron chi connectivity index (χ4n) is 2.57. The van der Waals surface area contributed by atoms with Crippen molar-refractivity contribution in [3.63, 3.8) is 0 Å². The van der Waals surface area contributed by atoms with Crippen LogP contribution >= 0.6 is 0 Å². The second-order valence-electron chi connectivity index (χ2n) is 7.12. The predicted octanol–water partition coefficient (Wildman–Crippen LogP) is 5.27. The molecule has 1 amide bonds. The molecule has 0 radical (unpaired) electrons. The number of carbonyl (C=O) groups is 3. The van der Waals surface area contributed by atoms with E-state index in [1.54, 1.807) is 19.9 Å². The van der Waals surface area contributed by atoms with Crippen LogP contribution in [0.15, 0.2) is 60.7 Å². The lowest BCUT2D eigenvalue weighted by molar-refractivity contribution is -0.145. The summed E-state index contributed by atoms with van der Waals surface area (Å²) in [7, 11) is 0. The topological polar surface area (TPSA) is 116 Å². The van der Waals surface area contributed by atoms with Crippen molar-refractivity contribution in [2.24, 2.45) is 5.73 Å². The first-order valence-corrected chi connectivity index (χ1v) is 10.6. The maximum Gasteiger partial charge on any atom is 0.404 e. The minimum absolute atomic E-state index is 0.156. The summed E-state index contributed by atoms with van der Waals surface area (Å²) in [5.41, 5.74) is 6.31. The molecule has 0 unspecified atom stereocenters. The Morgan fingerprint density at radius 3 is 2.16 bits per heavy atom. The molecule has 2 rings (SSSR count). The Labute approximate surface area is 190 Å². The summed E-state index contributed by atoms with van der Waals surface area (Å²) < 4.78 is 9.39. The van der Waals surface area contributed by atoms with Crippen molar-refractivity contribution in [2.75, 3.05) is 6.61 Å². The van der Waals surface area contributed by atoms with Crippen molar-refractivity contribution >= 4 is 24.1 Å². The number of ether oxygens (including phenoxy) is 2. The molecule has 0 aliphatic heterocycles. The highest BCUT2D eigenvalue weighted by molar-refractivity contribution is 5.87. The zero-order valence-electron chi connectivity index (χ0n) is 19.0. The van der Waals surface area contributed by atoms with Crippen molar-refractivity contribution in [1.82, 2.24) is 0 Å². The Hall–Kier alpha value is -3.35. The lowest BCUT2D eigenvalue weighted by atomic mass is 9.98. The molecule has 0 atom stereocenters. The molecule has 1 saturated carbocycles. The van der Waals surface area contributed by atoms with Crippen molar-refractivity contribution < 1.29 is 29.0 Å². The standard InChI is InChI=1S/C12H12O2.C10H16O2.C3H7NO2/c1-10(12(13)14)6-5-9-11-7-3-2-4-8-11;1-8(2)10(11)12-9-6-4-3-5-7-9;1-2-6-3(4)5/h2-5,7-9H,1,6H2,(H,13,14);9H,1,3-7H2,2H3;2H2,1H3,(H2,4,5). The average molecular weight is 446 g/mol. The highest BCUT2D eigenvalue weighted by Crippen LogP contribution is 2.20. The maximum absolute atomic E-state index is 11.1. The Balaban J connectivity index is 0.000000487. The Kier molecular flexibility index (Phi) is 15.5. The third-order valence-electron chi connectivity index (χ3n) is 4.24. The van der Waals surface area contributed by atoms with E-state index < -0.39 is 12.1 Å².